The minimum atomic E-state index is 0.523. The lowest BCUT2D eigenvalue weighted by Gasteiger charge is -2.18. The maximum absolute atomic E-state index is 4.92. The first-order chi connectivity index (χ1) is 13.7. The van der Waals surface area contributed by atoms with Gasteiger partial charge in [0, 0.05) is 28.6 Å². The monoisotopic (exact) mass is 437 g/mol. The molecule has 0 atom stereocenters. The number of hydrogen-bond donors (Lipinski definition) is 0. The number of hydrogen-bond acceptors (Lipinski definition) is 4. The summed E-state index contributed by atoms with van der Waals surface area (Å²) >= 11 is 3.63. The summed E-state index contributed by atoms with van der Waals surface area (Å²) in [5.74, 6) is 1.89. The zero-order chi connectivity index (χ0) is 19.5. The smallest absolute Gasteiger partial charge is 0.159 e. The molecule has 0 saturated carbocycles. The summed E-state index contributed by atoms with van der Waals surface area (Å²) in [5, 5.41) is 8.98. The molecule has 0 amide bonds. The molecule has 0 unspecified atom stereocenters. The van der Waals surface area contributed by atoms with Crippen LogP contribution in [-0.4, -0.2) is 45.0 Å². The summed E-state index contributed by atoms with van der Waals surface area (Å²) in [7, 11) is 0. The molecule has 0 spiro atoms. The first-order valence-corrected chi connectivity index (χ1v) is 10.6. The summed E-state index contributed by atoms with van der Waals surface area (Å²) in [6, 6.07) is 16.7. The van der Waals surface area contributed by atoms with Crippen molar-refractivity contribution in [1.29, 1.82) is 0 Å². The lowest BCUT2D eigenvalue weighted by Crippen LogP contribution is -2.26. The van der Waals surface area contributed by atoms with Gasteiger partial charge < -0.3 is 4.90 Å². The van der Waals surface area contributed by atoms with E-state index in [4.69, 9.17) is 4.99 Å². The average Bonchev–Trinajstić information content (AvgIpc) is 3.05. The van der Waals surface area contributed by atoms with Crippen LogP contribution < -0.4 is 0 Å². The Bertz CT molecular complexity index is 989. The second-order valence-corrected chi connectivity index (χ2v) is 7.75. The SMILES string of the molecule is CCN(CC)CCc1nnc2n1-c1ccc(Br)cc1C(c1ccccc1)=NC2. The van der Waals surface area contributed by atoms with Gasteiger partial charge in [-0.1, -0.05) is 60.1 Å². The maximum atomic E-state index is 4.92. The van der Waals surface area contributed by atoms with Gasteiger partial charge in [0.15, 0.2) is 5.82 Å². The van der Waals surface area contributed by atoms with Crippen molar-refractivity contribution < 1.29 is 0 Å². The molecule has 0 bridgehead atoms. The fraction of sp³-hybridized carbons (Fsp3) is 0.318. The Morgan fingerprint density at radius 3 is 2.57 bits per heavy atom. The highest BCUT2D eigenvalue weighted by molar-refractivity contribution is 9.10. The molecule has 6 heteroatoms. The third kappa shape index (κ3) is 3.66. The van der Waals surface area contributed by atoms with Gasteiger partial charge in [0.1, 0.15) is 12.4 Å². The highest BCUT2D eigenvalue weighted by atomic mass is 79.9. The van der Waals surface area contributed by atoms with Gasteiger partial charge in [-0.25, -0.2) is 0 Å². The molecule has 1 aromatic heterocycles. The van der Waals surface area contributed by atoms with E-state index in [2.05, 4.69) is 91.9 Å². The molecule has 0 saturated heterocycles. The van der Waals surface area contributed by atoms with E-state index in [1.807, 2.05) is 6.07 Å². The molecule has 3 aromatic rings. The minimum Gasteiger partial charge on any atom is -0.303 e. The largest absolute Gasteiger partial charge is 0.303 e. The Morgan fingerprint density at radius 1 is 1.04 bits per heavy atom. The van der Waals surface area contributed by atoms with Gasteiger partial charge in [0.25, 0.3) is 0 Å². The molecular weight excluding hydrogens is 414 g/mol. The third-order valence-electron chi connectivity index (χ3n) is 5.22. The lowest BCUT2D eigenvalue weighted by atomic mass is 10.0. The van der Waals surface area contributed by atoms with Crippen molar-refractivity contribution in [2.75, 3.05) is 19.6 Å². The molecule has 2 aromatic carbocycles. The molecule has 28 heavy (non-hydrogen) atoms. The van der Waals surface area contributed by atoms with Gasteiger partial charge in [-0.3, -0.25) is 9.56 Å². The third-order valence-corrected chi connectivity index (χ3v) is 5.72. The van der Waals surface area contributed by atoms with Crippen LogP contribution in [0.3, 0.4) is 0 Å². The molecule has 1 aliphatic rings. The number of rotatable bonds is 6. The van der Waals surface area contributed by atoms with Crippen molar-refractivity contribution in [2.24, 2.45) is 4.99 Å². The number of aromatic nitrogens is 3. The van der Waals surface area contributed by atoms with Crippen molar-refractivity contribution in [1.82, 2.24) is 19.7 Å². The van der Waals surface area contributed by atoms with E-state index in [1.165, 1.54) is 0 Å². The van der Waals surface area contributed by atoms with E-state index in [0.717, 1.165) is 64.7 Å². The zero-order valence-electron chi connectivity index (χ0n) is 16.3. The van der Waals surface area contributed by atoms with Crippen molar-refractivity contribution >= 4 is 21.6 Å². The summed E-state index contributed by atoms with van der Waals surface area (Å²) in [6.45, 7) is 7.98. The average molecular weight is 438 g/mol. The fourth-order valence-electron chi connectivity index (χ4n) is 3.66. The number of fused-ring (bicyclic) bond motifs is 3. The minimum absolute atomic E-state index is 0.523. The molecule has 5 nitrogen and oxygen atoms in total. The predicted octanol–water partition coefficient (Wildman–Crippen LogP) is 4.27. The van der Waals surface area contributed by atoms with Gasteiger partial charge in [-0.05, 0) is 31.3 Å². The fourth-order valence-corrected chi connectivity index (χ4v) is 4.03. The highest BCUT2D eigenvalue weighted by Crippen LogP contribution is 2.28. The summed E-state index contributed by atoms with van der Waals surface area (Å²) in [6.07, 6.45) is 0.866. The number of benzene rings is 2. The van der Waals surface area contributed by atoms with E-state index in [1.54, 1.807) is 0 Å². The van der Waals surface area contributed by atoms with E-state index in [-0.39, 0.29) is 0 Å². The standard InChI is InChI=1S/C22H24BrN5/c1-3-27(4-2)13-12-20-25-26-21-15-24-22(16-8-6-5-7-9-16)18-14-17(23)10-11-19(18)28(20)21/h5-11,14H,3-4,12-13,15H2,1-2H3. The maximum Gasteiger partial charge on any atom is 0.159 e. The van der Waals surface area contributed by atoms with Crippen molar-refractivity contribution in [3.8, 4) is 5.69 Å². The zero-order valence-corrected chi connectivity index (χ0v) is 17.9. The number of nitrogens with zero attached hydrogens (tertiary/aromatic N) is 5. The molecule has 0 N–H and O–H groups in total. The van der Waals surface area contributed by atoms with Gasteiger partial charge in [0.2, 0.25) is 0 Å². The van der Waals surface area contributed by atoms with Crippen LogP contribution in [0.1, 0.15) is 36.6 Å². The van der Waals surface area contributed by atoms with Crippen LogP contribution in [0, 0.1) is 0 Å². The van der Waals surface area contributed by atoms with Gasteiger partial charge in [-0.2, -0.15) is 0 Å². The number of aliphatic imine (C=N–C) groups is 1. The topological polar surface area (TPSA) is 46.3 Å². The quantitative estimate of drug-likeness (QED) is 0.578. The van der Waals surface area contributed by atoms with Crippen LogP contribution in [0.25, 0.3) is 5.69 Å². The molecule has 0 fully saturated rings. The van der Waals surface area contributed by atoms with E-state index >= 15 is 0 Å². The first-order valence-electron chi connectivity index (χ1n) is 9.77. The van der Waals surface area contributed by atoms with Crippen LogP contribution in [0.15, 0.2) is 58.0 Å². The van der Waals surface area contributed by atoms with Crippen molar-refractivity contribution in [2.45, 2.75) is 26.8 Å². The van der Waals surface area contributed by atoms with Crippen LogP contribution in [0.4, 0.5) is 0 Å². The second kappa shape index (κ2) is 8.37. The molecule has 2 heterocycles. The normalized spacial score (nSPS) is 13.1. The Labute approximate surface area is 174 Å². The van der Waals surface area contributed by atoms with E-state index in [0.29, 0.717) is 6.54 Å². The molecule has 1 aliphatic heterocycles. The lowest BCUT2D eigenvalue weighted by molar-refractivity contribution is 0.305. The van der Waals surface area contributed by atoms with Gasteiger partial charge in [-0.15, -0.1) is 10.2 Å². The molecule has 144 valence electrons. The summed E-state index contributed by atoms with van der Waals surface area (Å²) in [5.41, 5.74) is 4.31. The predicted molar refractivity (Wildman–Crippen MR) is 116 cm³/mol. The molecular formula is C22H24BrN5. The first kappa shape index (κ1) is 19.0. The van der Waals surface area contributed by atoms with Gasteiger partial charge >= 0.3 is 0 Å². The van der Waals surface area contributed by atoms with Crippen molar-refractivity contribution in [3.63, 3.8) is 0 Å². The Hall–Kier alpha value is -2.31. The van der Waals surface area contributed by atoms with Crippen LogP contribution in [0.2, 0.25) is 0 Å². The van der Waals surface area contributed by atoms with Gasteiger partial charge in [0.05, 0.1) is 11.4 Å². The second-order valence-electron chi connectivity index (χ2n) is 6.84. The van der Waals surface area contributed by atoms with Crippen LogP contribution >= 0.6 is 15.9 Å². The van der Waals surface area contributed by atoms with Crippen LogP contribution in [0.5, 0.6) is 0 Å². The Balaban J connectivity index is 1.79. The summed E-state index contributed by atoms with van der Waals surface area (Å²) < 4.78 is 3.24. The van der Waals surface area contributed by atoms with E-state index in [9.17, 15) is 0 Å². The summed E-state index contributed by atoms with van der Waals surface area (Å²) in [4.78, 5) is 7.33. The number of halogens is 1. The van der Waals surface area contributed by atoms with Crippen molar-refractivity contribution in [3.05, 3.63) is 75.8 Å². The van der Waals surface area contributed by atoms with E-state index < -0.39 is 0 Å². The number of likely N-dealkylation sites (N-methyl/N-ethyl adjacent to an activating group) is 1. The van der Waals surface area contributed by atoms with Crippen LogP contribution in [-0.2, 0) is 13.0 Å². The Kier molecular flexibility index (Phi) is 5.69. The molecule has 0 radical (unpaired) electrons. The molecule has 4 rings (SSSR count). The molecule has 0 aliphatic carbocycles. The Morgan fingerprint density at radius 2 is 1.82 bits per heavy atom. The highest BCUT2D eigenvalue weighted by Gasteiger charge is 2.23.